The number of hydrogen-bond donors (Lipinski definition) is 17. The normalized spacial score (nSPS) is 39.1. The van der Waals surface area contributed by atoms with E-state index in [-0.39, 0.29) is 12.2 Å². The lowest BCUT2D eigenvalue weighted by Gasteiger charge is -2.51. The molecule has 6 aliphatic heterocycles. The maximum Gasteiger partial charge on any atom is 0.251 e. The number of benzene rings is 1. The minimum atomic E-state index is -2.04. The molecule has 29 atom stereocenters. The molecule has 0 saturated carbocycles. The predicted molar refractivity (Wildman–Crippen MR) is 332 cm³/mol. The molecule has 0 bridgehead atoms. The lowest BCUT2D eigenvalue weighted by molar-refractivity contribution is -0.366. The molecule has 6 aliphatic rings. The third-order valence-corrected chi connectivity index (χ3v) is 17.8. The molecule has 6 saturated heterocycles. The van der Waals surface area contributed by atoms with Crippen LogP contribution in [0.5, 0.6) is 5.75 Å². The molecule has 19 unspecified atom stereocenters. The fourth-order valence-corrected chi connectivity index (χ4v) is 12.6. The number of allylic oxidation sites excluding steroid dienone is 2. The van der Waals surface area contributed by atoms with E-state index in [4.69, 9.17) is 61.6 Å². The number of aliphatic hydroxyl groups excluding tert-OH is 12. The minimum Gasteiger partial charge on any atom is -0.494 e. The molecule has 0 aromatic heterocycles. The number of rotatable bonds is 32. The molecular weight excluding hydrogens is 1310 g/mol. The lowest BCUT2D eigenvalue weighted by Crippen LogP contribution is -2.72. The summed E-state index contributed by atoms with van der Waals surface area (Å²) >= 11 is 0. The van der Waals surface area contributed by atoms with E-state index in [1.54, 1.807) is 12.1 Å². The van der Waals surface area contributed by atoms with Gasteiger partial charge in [-0.05, 0) is 50.8 Å². The summed E-state index contributed by atoms with van der Waals surface area (Å²) in [7, 11) is 1.25. The van der Waals surface area contributed by atoms with E-state index in [0.29, 0.717) is 18.8 Å². The van der Waals surface area contributed by atoms with Gasteiger partial charge >= 0.3 is 0 Å². The highest BCUT2D eigenvalue weighted by molar-refractivity contribution is 5.94. The zero-order valence-corrected chi connectivity index (χ0v) is 55.8. The lowest BCUT2D eigenvalue weighted by atomic mass is 9.93. The van der Waals surface area contributed by atoms with Crippen LogP contribution >= 0.6 is 0 Å². The maximum atomic E-state index is 13.9. The number of ether oxygens (including phenoxy) is 13. The van der Waals surface area contributed by atoms with E-state index < -0.39 is 240 Å². The Balaban J connectivity index is 1.07. The number of aliphatic hydroxyl groups is 12. The maximum absolute atomic E-state index is 13.9. The summed E-state index contributed by atoms with van der Waals surface area (Å²) in [5.41, 5.74) is 0.0543. The van der Waals surface area contributed by atoms with Crippen LogP contribution in [0.15, 0.2) is 36.4 Å². The first kappa shape index (κ1) is 80.5. The highest BCUT2D eigenvalue weighted by Crippen LogP contribution is 2.37. The van der Waals surface area contributed by atoms with Crippen LogP contribution in [0.2, 0.25) is 0 Å². The Morgan fingerprint density at radius 3 is 1.42 bits per heavy atom. The SMILES string of the molecule is CCCCCC/C=C\CCCOc1cccc(C(=O)NC2C(O[C@@H]3C(CO)OC(O[C@@H]4C(CO)O[C@@H](O[C@@H]5C(CO)O[C@@H](OC6C(CO[C@@H]7OC(C)C(O)C(O)C7OC)OC[C@@H](NC(C)=O)[C@H]6O)C(NC(C)=O)C5O)[C@@H](NC(C)=O)C4O)C(NC(C)=O)C3O)OC(CO)[C@@H](O)C2O)c1. The fraction of sp³-hybridized carbons (Fsp3) is 0.794. The van der Waals surface area contributed by atoms with Crippen molar-refractivity contribution >= 4 is 29.5 Å². The van der Waals surface area contributed by atoms with Gasteiger partial charge in [-0.15, -0.1) is 0 Å². The second-order valence-corrected chi connectivity index (χ2v) is 25.2. The molecule has 35 heteroatoms. The van der Waals surface area contributed by atoms with Crippen molar-refractivity contribution in [1.82, 2.24) is 26.6 Å². The molecule has 0 radical (unpaired) electrons. The molecule has 6 fully saturated rings. The number of carbonyl (C=O) groups excluding carboxylic acids is 5. The van der Waals surface area contributed by atoms with Gasteiger partial charge in [0.05, 0.1) is 58.4 Å². The van der Waals surface area contributed by atoms with E-state index in [1.807, 2.05) is 0 Å². The van der Waals surface area contributed by atoms with Gasteiger partial charge in [0.1, 0.15) is 140 Å². The van der Waals surface area contributed by atoms with Crippen molar-refractivity contribution in [2.45, 2.75) is 264 Å². The van der Waals surface area contributed by atoms with Gasteiger partial charge in [0, 0.05) is 40.4 Å². The molecular formula is C63H101N5O30. The monoisotopic (exact) mass is 1410 g/mol. The van der Waals surface area contributed by atoms with Gasteiger partial charge in [-0.25, -0.2) is 0 Å². The number of methoxy groups -OCH3 is 1. The van der Waals surface area contributed by atoms with Crippen molar-refractivity contribution in [2.75, 3.05) is 53.4 Å². The zero-order valence-electron chi connectivity index (χ0n) is 55.8. The van der Waals surface area contributed by atoms with Crippen molar-refractivity contribution in [3.63, 3.8) is 0 Å². The molecule has 98 heavy (non-hydrogen) atoms. The molecule has 35 nitrogen and oxygen atoms in total. The largest absolute Gasteiger partial charge is 0.494 e. The van der Waals surface area contributed by atoms with E-state index >= 15 is 0 Å². The fourth-order valence-electron chi connectivity index (χ4n) is 12.6. The molecule has 7 rings (SSSR count). The Morgan fingerprint density at radius 1 is 0.500 bits per heavy atom. The van der Waals surface area contributed by atoms with Crippen LogP contribution in [0.3, 0.4) is 0 Å². The average Bonchev–Trinajstić information content (AvgIpc) is 0.773. The Hall–Kier alpha value is -4.85. The third kappa shape index (κ3) is 20.7. The van der Waals surface area contributed by atoms with Crippen molar-refractivity contribution < 1.29 is 147 Å². The Labute approximate surface area is 566 Å². The molecule has 1 aromatic rings. The standard InChI is InChI=1S/C63H101N5O30/c1-8-9-10-11-12-13-14-15-16-20-87-34-19-17-18-33(21-34)58(85)68-41-48(80)47(79)36(22-69)91-59(41)95-53-37(23-70)92-60(42(49(53)81)65-30(4)74)96-54-38(24-71)93-61(43(50(54)82)66-31(5)75)97-55-39(25-72)94-62(44(51(55)83)67-32(6)76)98-56-40(88-26-35(46(56)78)64-29(3)73)27-89-63-57(86-7)52(84)45(77)28(2)90-63/h13-14,17-19,21,28,35-57,59-63,69-72,77-84H,8-12,15-16,20,22-27H2,1-7H3,(H,64,73)(H,65,74)(H,66,75)(H,67,76)(H,68,85)/b14-13-/t28?,35-,36?,37?,38?,39?,40?,41?,42?,43+,44?,45?,46-,47-,48?,49?,50?,51?,52?,53-,54-,55-,56?,57?,59?,60?,61+,62+,63-/m1/s1. The highest BCUT2D eigenvalue weighted by Gasteiger charge is 2.58. The number of carbonyl (C=O) groups is 5. The first-order valence-corrected chi connectivity index (χ1v) is 33.1. The number of hydrogen-bond acceptors (Lipinski definition) is 30. The van der Waals surface area contributed by atoms with Crippen molar-refractivity contribution in [3.8, 4) is 5.75 Å². The van der Waals surface area contributed by atoms with Crippen LogP contribution in [0.4, 0.5) is 0 Å². The summed E-state index contributed by atoms with van der Waals surface area (Å²) in [4.78, 5) is 65.1. The Kier molecular flexibility index (Phi) is 31.6. The molecule has 1 aromatic carbocycles. The number of amides is 5. The highest BCUT2D eigenvalue weighted by atomic mass is 16.8. The van der Waals surface area contributed by atoms with Gasteiger partial charge in [0.15, 0.2) is 31.5 Å². The van der Waals surface area contributed by atoms with Crippen LogP contribution in [-0.2, 0) is 76.0 Å². The number of nitrogens with one attached hydrogen (secondary N) is 5. The zero-order chi connectivity index (χ0) is 71.7. The summed E-state index contributed by atoms with van der Waals surface area (Å²) in [5.74, 6) is -3.42. The smallest absolute Gasteiger partial charge is 0.251 e. The van der Waals surface area contributed by atoms with Gasteiger partial charge in [-0.3, -0.25) is 24.0 Å². The van der Waals surface area contributed by atoms with E-state index in [9.17, 15) is 85.3 Å². The van der Waals surface area contributed by atoms with E-state index in [2.05, 4.69) is 45.7 Å². The van der Waals surface area contributed by atoms with Crippen molar-refractivity contribution in [2.24, 2.45) is 0 Å². The molecule has 6 heterocycles. The van der Waals surface area contributed by atoms with Gasteiger partial charge in [-0.2, -0.15) is 0 Å². The quantitative estimate of drug-likeness (QED) is 0.0236. The molecule has 5 amide bonds. The van der Waals surface area contributed by atoms with E-state index in [0.717, 1.165) is 46.5 Å². The topological polar surface area (TPSA) is 508 Å². The van der Waals surface area contributed by atoms with Crippen LogP contribution in [-0.4, -0.2) is 322 Å². The van der Waals surface area contributed by atoms with Gasteiger partial charge in [0.2, 0.25) is 23.6 Å². The summed E-state index contributed by atoms with van der Waals surface area (Å²) < 4.78 is 78.4. The van der Waals surface area contributed by atoms with E-state index in [1.165, 1.54) is 45.9 Å². The summed E-state index contributed by atoms with van der Waals surface area (Å²) in [6.45, 7) is 3.68. The van der Waals surface area contributed by atoms with Crippen LogP contribution in [0.25, 0.3) is 0 Å². The predicted octanol–water partition coefficient (Wildman–Crippen LogP) is -6.04. The van der Waals surface area contributed by atoms with Crippen LogP contribution < -0.4 is 31.3 Å². The first-order chi connectivity index (χ1) is 46.8. The van der Waals surface area contributed by atoms with Crippen LogP contribution in [0, 0.1) is 0 Å². The van der Waals surface area contributed by atoms with Crippen molar-refractivity contribution in [3.05, 3.63) is 42.0 Å². The Bertz CT molecular complexity index is 2690. The Morgan fingerprint density at radius 2 is 0.959 bits per heavy atom. The minimum absolute atomic E-state index is 0.0543. The van der Waals surface area contributed by atoms with Crippen LogP contribution in [0.1, 0.15) is 96.8 Å². The van der Waals surface area contributed by atoms with Gasteiger partial charge < -0.3 is 149 Å². The number of unbranched alkanes of at least 4 members (excludes halogenated alkanes) is 5. The summed E-state index contributed by atoms with van der Waals surface area (Å²) in [6, 6.07) is -1.84. The average molecular weight is 1410 g/mol. The van der Waals surface area contributed by atoms with Gasteiger partial charge in [-0.1, -0.05) is 44.4 Å². The molecule has 0 aliphatic carbocycles. The van der Waals surface area contributed by atoms with Gasteiger partial charge in [0.25, 0.3) is 5.91 Å². The molecule has 0 spiro atoms. The second kappa shape index (κ2) is 38.4. The molecule has 558 valence electrons. The summed E-state index contributed by atoms with van der Waals surface area (Å²) in [5, 5.41) is 148. The second-order valence-electron chi connectivity index (χ2n) is 25.2. The first-order valence-electron chi connectivity index (χ1n) is 33.1. The van der Waals surface area contributed by atoms with Crippen molar-refractivity contribution in [1.29, 1.82) is 0 Å². The third-order valence-electron chi connectivity index (χ3n) is 17.8. The summed E-state index contributed by atoms with van der Waals surface area (Å²) in [6.07, 6.45) is -28.6. The molecule has 17 N–H and O–H groups in total.